The van der Waals surface area contributed by atoms with Gasteiger partial charge in [-0.25, -0.2) is 29.5 Å². The Morgan fingerprint density at radius 1 is 0.800 bits per heavy atom. The van der Waals surface area contributed by atoms with Gasteiger partial charge in [0.25, 0.3) is 0 Å². The smallest absolute Gasteiger partial charge is 0.407 e. The Hall–Kier alpha value is -6.13. The number of aliphatic hydroxyl groups excluding tert-OH is 1. The van der Waals surface area contributed by atoms with E-state index in [4.69, 9.17) is 14.7 Å². The number of pyridine rings is 2. The first-order chi connectivity index (χ1) is 28.9. The van der Waals surface area contributed by atoms with Crippen LogP contribution in [0.15, 0.2) is 60.9 Å². The minimum Gasteiger partial charge on any atom is -0.453 e. The summed E-state index contributed by atoms with van der Waals surface area (Å²) in [4.78, 5) is 64.0. The monoisotopic (exact) mass is 818 g/mol. The van der Waals surface area contributed by atoms with Gasteiger partial charge in [0.05, 0.1) is 37.3 Å². The normalized spacial score (nSPS) is 16.1. The second kappa shape index (κ2) is 18.4. The fourth-order valence-electron chi connectivity index (χ4n) is 7.91. The zero-order chi connectivity index (χ0) is 42.5. The molecule has 5 heterocycles. The summed E-state index contributed by atoms with van der Waals surface area (Å²) < 4.78 is 9.45. The number of amides is 3. The van der Waals surface area contributed by atoms with Gasteiger partial charge in [-0.1, -0.05) is 52.0 Å². The number of rotatable bonds is 15. The highest BCUT2D eigenvalue weighted by Crippen LogP contribution is 2.35. The van der Waals surface area contributed by atoms with Crippen molar-refractivity contribution in [1.29, 1.82) is 0 Å². The fourth-order valence-corrected chi connectivity index (χ4v) is 7.91. The second-order valence-corrected chi connectivity index (χ2v) is 16.1. The number of aliphatic hydroxyl groups is 1. The third-order valence-corrected chi connectivity index (χ3v) is 11.3. The van der Waals surface area contributed by atoms with E-state index in [-0.39, 0.29) is 23.8 Å². The van der Waals surface area contributed by atoms with Crippen molar-refractivity contribution >= 4 is 51.2 Å². The summed E-state index contributed by atoms with van der Waals surface area (Å²) in [6, 6.07) is 15.5. The van der Waals surface area contributed by atoms with E-state index in [0.717, 1.165) is 81.4 Å². The predicted octanol–water partition coefficient (Wildman–Crippen LogP) is 6.37. The number of imidazole rings is 2. The summed E-state index contributed by atoms with van der Waals surface area (Å²) >= 11 is 0. The van der Waals surface area contributed by atoms with Crippen LogP contribution in [0.1, 0.15) is 71.1 Å². The first-order valence-corrected chi connectivity index (χ1v) is 20.6. The summed E-state index contributed by atoms with van der Waals surface area (Å²) in [5.41, 5.74) is 6.93. The van der Waals surface area contributed by atoms with Gasteiger partial charge in [-0.15, -0.1) is 0 Å². The average molecular weight is 819 g/mol. The molecule has 3 amide bonds. The molecule has 0 radical (unpaired) electrons. The van der Waals surface area contributed by atoms with Crippen molar-refractivity contribution in [3.63, 3.8) is 0 Å². The summed E-state index contributed by atoms with van der Waals surface area (Å²) in [5, 5.41) is 21.9. The topological polar surface area (TPSA) is 212 Å². The Balaban J connectivity index is 0.990. The van der Waals surface area contributed by atoms with E-state index in [9.17, 15) is 19.5 Å². The number of aryl methyl sites for hydroxylation is 1. The third kappa shape index (κ3) is 9.34. The fraction of sp³-hybridized carbons (Fsp3) is 0.432. The number of methoxy groups -OCH3 is 2. The van der Waals surface area contributed by atoms with Gasteiger partial charge in [0, 0.05) is 43.0 Å². The molecule has 1 aliphatic heterocycles. The Kier molecular flexibility index (Phi) is 12.9. The molecule has 1 aliphatic rings. The number of aromatic nitrogens is 6. The molecule has 1 saturated heterocycles. The molecular weight excluding hydrogens is 765 g/mol. The number of benzene rings is 2. The Morgan fingerprint density at radius 3 is 2.03 bits per heavy atom. The molecule has 6 aromatic rings. The maximum absolute atomic E-state index is 12.6. The van der Waals surface area contributed by atoms with Crippen LogP contribution >= 0.6 is 0 Å². The van der Waals surface area contributed by atoms with Crippen LogP contribution in [0, 0.1) is 11.8 Å². The molecule has 0 aliphatic carbocycles. The highest BCUT2D eigenvalue weighted by atomic mass is 16.5. The number of fused-ring (bicyclic) bond motifs is 3. The SMILES string of the molecule is COC(=O)NC(C(=O)NCCCCc1nc2ncc(-c3ccc4cc(-c5cnc6nc(C7CCCN7C(O)C(NC(=O)OC)C(C)C)[nH]c6c5)ccc4c3)cc2[nH]1)C(C)C. The molecule has 7 rings (SSSR count). The zero-order valence-corrected chi connectivity index (χ0v) is 34.9. The molecule has 0 spiro atoms. The van der Waals surface area contributed by atoms with E-state index >= 15 is 0 Å². The molecule has 2 aromatic carbocycles. The Bertz CT molecular complexity index is 2480. The van der Waals surface area contributed by atoms with Crippen molar-refractivity contribution in [2.75, 3.05) is 27.3 Å². The number of carbonyl (C=O) groups is 3. The molecular formula is C44H54N10O6. The number of alkyl carbamates (subject to hydrolysis) is 2. The van der Waals surface area contributed by atoms with E-state index in [2.05, 4.69) is 89.2 Å². The summed E-state index contributed by atoms with van der Waals surface area (Å²) in [6.45, 7) is 8.81. The van der Waals surface area contributed by atoms with Gasteiger partial charge in [0.1, 0.15) is 23.9 Å². The number of hydrogen-bond acceptors (Lipinski definition) is 11. The Labute approximate surface area is 348 Å². The maximum atomic E-state index is 12.6. The van der Waals surface area contributed by atoms with Gasteiger partial charge < -0.3 is 40.5 Å². The summed E-state index contributed by atoms with van der Waals surface area (Å²) in [6.07, 6.45) is 5.55. The minimum atomic E-state index is -0.913. The van der Waals surface area contributed by atoms with Crippen LogP contribution in [0.5, 0.6) is 0 Å². The van der Waals surface area contributed by atoms with Crippen LogP contribution in [-0.4, -0.2) is 104 Å². The lowest BCUT2D eigenvalue weighted by atomic mass is 9.99. The van der Waals surface area contributed by atoms with Crippen molar-refractivity contribution in [2.24, 2.45) is 11.8 Å². The van der Waals surface area contributed by atoms with Crippen molar-refractivity contribution in [3.05, 3.63) is 72.6 Å². The highest BCUT2D eigenvalue weighted by Gasteiger charge is 2.38. The lowest BCUT2D eigenvalue weighted by Crippen LogP contribution is -2.54. The summed E-state index contributed by atoms with van der Waals surface area (Å²) in [5.74, 6) is 1.24. The second-order valence-electron chi connectivity index (χ2n) is 16.1. The number of nitrogens with one attached hydrogen (secondary N) is 5. The Morgan fingerprint density at radius 2 is 1.42 bits per heavy atom. The molecule has 6 N–H and O–H groups in total. The number of carbonyl (C=O) groups excluding carboxylic acids is 3. The highest BCUT2D eigenvalue weighted by molar-refractivity contribution is 5.92. The van der Waals surface area contributed by atoms with Crippen molar-refractivity contribution < 1.29 is 29.0 Å². The number of likely N-dealkylation sites (tertiary alicyclic amines) is 1. The number of H-pyrrole nitrogens is 2. The van der Waals surface area contributed by atoms with Gasteiger partial charge in [0.2, 0.25) is 5.91 Å². The lowest BCUT2D eigenvalue weighted by Gasteiger charge is -2.35. The van der Waals surface area contributed by atoms with E-state index in [1.165, 1.54) is 14.2 Å². The van der Waals surface area contributed by atoms with E-state index in [1.807, 2.05) is 45.0 Å². The number of aromatic amines is 2. The van der Waals surface area contributed by atoms with Crippen LogP contribution in [-0.2, 0) is 20.7 Å². The summed E-state index contributed by atoms with van der Waals surface area (Å²) in [7, 11) is 2.59. The van der Waals surface area contributed by atoms with E-state index in [0.29, 0.717) is 30.8 Å². The lowest BCUT2D eigenvalue weighted by molar-refractivity contribution is -0.124. The minimum absolute atomic E-state index is 0.0199. The van der Waals surface area contributed by atoms with Crippen molar-refractivity contribution in [2.45, 2.75) is 84.2 Å². The number of hydrogen-bond donors (Lipinski definition) is 6. The molecule has 4 atom stereocenters. The van der Waals surface area contributed by atoms with E-state index in [1.54, 1.807) is 0 Å². The zero-order valence-electron chi connectivity index (χ0n) is 34.9. The molecule has 4 unspecified atom stereocenters. The van der Waals surface area contributed by atoms with Crippen molar-refractivity contribution in [1.82, 2.24) is 50.8 Å². The first kappa shape index (κ1) is 42.0. The average Bonchev–Trinajstić information content (AvgIpc) is 4.01. The van der Waals surface area contributed by atoms with Crippen LogP contribution in [0.25, 0.3) is 55.4 Å². The predicted molar refractivity (Wildman–Crippen MR) is 229 cm³/mol. The third-order valence-electron chi connectivity index (χ3n) is 11.3. The molecule has 0 saturated carbocycles. The van der Waals surface area contributed by atoms with Gasteiger partial charge in [0.15, 0.2) is 11.3 Å². The molecule has 316 valence electrons. The largest absolute Gasteiger partial charge is 0.453 e. The van der Waals surface area contributed by atoms with E-state index < -0.39 is 30.5 Å². The number of ether oxygens (including phenoxy) is 2. The van der Waals surface area contributed by atoms with Crippen LogP contribution < -0.4 is 16.0 Å². The van der Waals surface area contributed by atoms with Crippen LogP contribution in [0.3, 0.4) is 0 Å². The molecule has 16 heteroatoms. The van der Waals surface area contributed by atoms with Gasteiger partial charge in [-0.2, -0.15) is 0 Å². The van der Waals surface area contributed by atoms with Crippen LogP contribution in [0.2, 0.25) is 0 Å². The van der Waals surface area contributed by atoms with Crippen LogP contribution in [0.4, 0.5) is 9.59 Å². The molecule has 16 nitrogen and oxygen atoms in total. The molecule has 60 heavy (non-hydrogen) atoms. The molecule has 0 bridgehead atoms. The number of nitrogens with zero attached hydrogens (tertiary/aromatic N) is 5. The van der Waals surface area contributed by atoms with Gasteiger partial charge >= 0.3 is 12.2 Å². The first-order valence-electron chi connectivity index (χ1n) is 20.6. The molecule has 4 aromatic heterocycles. The number of unbranched alkanes of at least 4 members (excludes halogenated alkanes) is 1. The molecule has 1 fully saturated rings. The van der Waals surface area contributed by atoms with Crippen molar-refractivity contribution in [3.8, 4) is 22.3 Å². The maximum Gasteiger partial charge on any atom is 0.407 e. The van der Waals surface area contributed by atoms with Gasteiger partial charge in [-0.05, 0) is 83.7 Å². The standard InChI is InChI=1S/C44H54N10O6/c1-24(2)36(51-43(57)59-5)41(55)45-16-8-7-11-35-48-32-20-30(22-46-38(32)50-35)28-14-12-27-19-29(15-13-26(27)18-28)31-21-33-39(47-23-31)53-40(49-33)34-10-9-17-54(34)42(56)37(25(3)4)52-44(58)60-6/h12-15,18-25,34,36-37,42,56H,7-11,16-17H2,1-6H3,(H,45,55)(H,51,57)(H,52,58)(H,46,48,50)(H,47,49,53). The van der Waals surface area contributed by atoms with Gasteiger partial charge in [-0.3, -0.25) is 9.69 Å². The quantitative estimate of drug-likeness (QED) is 0.0627.